The minimum absolute atomic E-state index is 0.0680. The van der Waals surface area contributed by atoms with Crippen molar-refractivity contribution in [1.82, 2.24) is 15.0 Å². The van der Waals surface area contributed by atoms with E-state index in [1.54, 1.807) is 26.8 Å². The van der Waals surface area contributed by atoms with Gasteiger partial charge in [0.15, 0.2) is 5.13 Å². The molecule has 0 bridgehead atoms. The second-order valence-corrected chi connectivity index (χ2v) is 13.1. The Morgan fingerprint density at radius 3 is 2.00 bits per heavy atom. The van der Waals surface area contributed by atoms with E-state index in [-0.39, 0.29) is 22.1 Å². The number of nitriles is 1. The molecular formula is C30H43N5O4S. The maximum Gasteiger partial charge on any atom is 0.291 e. The highest BCUT2D eigenvalue weighted by atomic mass is 32.1. The number of aromatic nitrogens is 1. The summed E-state index contributed by atoms with van der Waals surface area (Å²) in [5, 5.41) is 11.8. The minimum Gasteiger partial charge on any atom is -0.348 e. The van der Waals surface area contributed by atoms with E-state index < -0.39 is 29.0 Å². The van der Waals surface area contributed by atoms with Crippen LogP contribution in [0.25, 0.3) is 6.08 Å². The van der Waals surface area contributed by atoms with E-state index >= 15 is 0 Å². The minimum atomic E-state index is -1.06. The molecule has 0 aliphatic carbocycles. The third kappa shape index (κ3) is 7.05. The van der Waals surface area contributed by atoms with Crippen LogP contribution in [-0.2, 0) is 24.6 Å². The number of carbonyl (C=O) groups is 4. The number of imide groups is 2. The van der Waals surface area contributed by atoms with E-state index in [4.69, 9.17) is 4.98 Å². The van der Waals surface area contributed by atoms with Gasteiger partial charge in [-0.3, -0.25) is 19.2 Å². The first-order valence-electron chi connectivity index (χ1n) is 13.8. The van der Waals surface area contributed by atoms with Crippen LogP contribution in [0.4, 0.5) is 5.13 Å². The Labute approximate surface area is 242 Å². The smallest absolute Gasteiger partial charge is 0.291 e. The highest BCUT2D eigenvalue weighted by Gasteiger charge is 2.45. The molecule has 1 aliphatic heterocycles. The highest BCUT2D eigenvalue weighted by Crippen LogP contribution is 2.38. The second-order valence-electron chi connectivity index (χ2n) is 12.1. The first-order valence-corrected chi connectivity index (χ1v) is 14.7. The fraction of sp³-hybridized carbons (Fsp3) is 0.600. The first kappa shape index (κ1) is 32.9. The Hall–Kier alpha value is -3.32. The molecule has 0 atom stereocenters. The molecule has 1 aromatic heterocycles. The number of anilines is 1. The van der Waals surface area contributed by atoms with Crippen LogP contribution in [-0.4, -0.2) is 51.7 Å². The molecule has 2 heterocycles. The van der Waals surface area contributed by atoms with Gasteiger partial charge in [-0.05, 0) is 31.4 Å². The van der Waals surface area contributed by atoms with Crippen LogP contribution in [0.5, 0.6) is 0 Å². The summed E-state index contributed by atoms with van der Waals surface area (Å²) < 4.78 is 0. The van der Waals surface area contributed by atoms with Crippen molar-refractivity contribution in [2.45, 2.75) is 100 Å². The largest absolute Gasteiger partial charge is 0.348 e. The maximum atomic E-state index is 13.9. The van der Waals surface area contributed by atoms with Crippen molar-refractivity contribution in [1.29, 1.82) is 5.26 Å². The van der Waals surface area contributed by atoms with E-state index in [0.29, 0.717) is 10.0 Å². The number of amides is 4. The topological polar surface area (TPSA) is 115 Å². The van der Waals surface area contributed by atoms with Gasteiger partial charge in [-0.25, -0.2) is 4.98 Å². The summed E-state index contributed by atoms with van der Waals surface area (Å²) in [7, 11) is 0. The number of hydrazine groups is 1. The van der Waals surface area contributed by atoms with Gasteiger partial charge in [-0.2, -0.15) is 15.3 Å². The predicted molar refractivity (Wildman–Crippen MR) is 158 cm³/mol. The average Bonchev–Trinajstić information content (AvgIpc) is 3.28. The molecule has 9 nitrogen and oxygen atoms in total. The lowest BCUT2D eigenvalue weighted by molar-refractivity contribution is -0.180. The summed E-state index contributed by atoms with van der Waals surface area (Å²) in [4.78, 5) is 61.0. The number of nitrogens with zero attached hydrogens (tertiary/aromatic N) is 5. The average molecular weight is 570 g/mol. The predicted octanol–water partition coefficient (Wildman–Crippen LogP) is 5.78. The van der Waals surface area contributed by atoms with E-state index in [9.17, 15) is 24.4 Å². The van der Waals surface area contributed by atoms with E-state index in [1.165, 1.54) is 18.3 Å². The third-order valence-corrected chi connectivity index (χ3v) is 7.58. The SMILES string of the molecule is CCCCN(CCCC)c1nc(C(C)(C)C)c(/C=C2\C(=O)N(N(C(C)=O)C(=O)C(C)(C)C)C(=O)C(C#N)=C2C)s1. The maximum absolute atomic E-state index is 13.9. The van der Waals surface area contributed by atoms with Gasteiger partial charge in [0, 0.05) is 36.4 Å². The molecule has 4 amide bonds. The summed E-state index contributed by atoms with van der Waals surface area (Å²) >= 11 is 1.46. The number of hydrogen-bond donors (Lipinski definition) is 0. The third-order valence-electron chi connectivity index (χ3n) is 6.51. The van der Waals surface area contributed by atoms with Crippen molar-refractivity contribution in [3.8, 4) is 6.07 Å². The van der Waals surface area contributed by atoms with Gasteiger partial charge >= 0.3 is 0 Å². The zero-order chi connectivity index (χ0) is 30.6. The van der Waals surface area contributed by atoms with E-state index in [1.807, 2.05) is 26.8 Å². The number of unbranched alkanes of at least 4 members (excludes halogenated alkanes) is 2. The Morgan fingerprint density at radius 1 is 1.02 bits per heavy atom. The number of hydrogen-bond acceptors (Lipinski definition) is 8. The van der Waals surface area contributed by atoms with Gasteiger partial charge < -0.3 is 4.90 Å². The van der Waals surface area contributed by atoms with Gasteiger partial charge in [0.25, 0.3) is 17.7 Å². The number of rotatable bonds is 9. The molecule has 0 aromatic carbocycles. The molecule has 0 radical (unpaired) electrons. The molecule has 0 spiro atoms. The van der Waals surface area contributed by atoms with Crippen LogP contribution in [0.15, 0.2) is 16.7 Å². The quantitative estimate of drug-likeness (QED) is 0.274. The Kier molecular flexibility index (Phi) is 10.6. The Bertz CT molecular complexity index is 1260. The molecular weight excluding hydrogens is 526 g/mol. The summed E-state index contributed by atoms with van der Waals surface area (Å²) in [6, 6.07) is 1.88. The van der Waals surface area contributed by atoms with Crippen molar-refractivity contribution in [2.75, 3.05) is 18.0 Å². The summed E-state index contributed by atoms with van der Waals surface area (Å²) in [6.07, 6.45) is 5.80. The Morgan fingerprint density at radius 2 is 1.57 bits per heavy atom. The Balaban J connectivity index is 2.79. The molecule has 10 heteroatoms. The van der Waals surface area contributed by atoms with Crippen molar-refractivity contribution in [2.24, 2.45) is 5.41 Å². The molecule has 0 fully saturated rings. The van der Waals surface area contributed by atoms with E-state index in [2.05, 4.69) is 18.7 Å². The standard InChI is InChI=1S/C30H43N5O4S/c1-11-13-15-33(16-14-12-2)28-32-24(29(5,6)7)23(40-28)17-21-19(3)22(18-31)26(38)35(25(21)37)34(20(4)36)27(39)30(8,9)10/h17H,11-16H2,1-10H3/b21-17-. The molecule has 0 saturated heterocycles. The van der Waals surface area contributed by atoms with Gasteiger partial charge in [0.05, 0.1) is 10.6 Å². The van der Waals surface area contributed by atoms with Gasteiger partial charge in [-0.15, -0.1) is 0 Å². The lowest BCUT2D eigenvalue weighted by Gasteiger charge is -2.37. The molecule has 2 rings (SSSR count). The van der Waals surface area contributed by atoms with Crippen LogP contribution in [0.3, 0.4) is 0 Å². The molecule has 218 valence electrons. The van der Waals surface area contributed by atoms with Crippen LogP contribution >= 0.6 is 11.3 Å². The molecule has 0 N–H and O–H groups in total. The van der Waals surface area contributed by atoms with Crippen molar-refractivity contribution >= 4 is 46.2 Å². The molecule has 0 unspecified atom stereocenters. The van der Waals surface area contributed by atoms with Crippen LogP contribution in [0.2, 0.25) is 0 Å². The summed E-state index contributed by atoms with van der Waals surface area (Å²) in [5.74, 6) is -3.36. The van der Waals surface area contributed by atoms with Crippen LogP contribution in [0, 0.1) is 16.7 Å². The molecule has 0 saturated carbocycles. The van der Waals surface area contributed by atoms with Crippen molar-refractivity contribution < 1.29 is 19.2 Å². The number of thiazole rings is 1. The van der Waals surface area contributed by atoms with Gasteiger partial charge in [-0.1, -0.05) is 79.6 Å². The van der Waals surface area contributed by atoms with Crippen molar-refractivity contribution in [3.05, 3.63) is 27.3 Å². The lowest BCUT2D eigenvalue weighted by atomic mass is 9.89. The monoisotopic (exact) mass is 569 g/mol. The molecule has 1 aromatic rings. The normalized spacial score (nSPS) is 15.5. The highest BCUT2D eigenvalue weighted by molar-refractivity contribution is 7.16. The van der Waals surface area contributed by atoms with Gasteiger partial charge in [0.1, 0.15) is 11.6 Å². The fourth-order valence-corrected chi connectivity index (χ4v) is 5.44. The summed E-state index contributed by atoms with van der Waals surface area (Å²) in [5.41, 5.74) is -0.671. The molecule has 1 aliphatic rings. The van der Waals surface area contributed by atoms with Crippen LogP contribution < -0.4 is 4.90 Å². The number of carbonyl (C=O) groups excluding carboxylic acids is 4. The van der Waals surface area contributed by atoms with E-state index in [0.717, 1.165) is 61.4 Å². The zero-order valence-electron chi connectivity index (χ0n) is 25.6. The fourth-order valence-electron chi connectivity index (χ4n) is 4.17. The molecule has 40 heavy (non-hydrogen) atoms. The summed E-state index contributed by atoms with van der Waals surface area (Å²) in [6.45, 7) is 19.6. The van der Waals surface area contributed by atoms with Gasteiger partial charge in [0.2, 0.25) is 5.91 Å². The lowest BCUT2D eigenvalue weighted by Crippen LogP contribution is -2.59. The second kappa shape index (κ2) is 12.9. The van der Waals surface area contributed by atoms with Crippen molar-refractivity contribution in [3.63, 3.8) is 0 Å². The zero-order valence-corrected chi connectivity index (χ0v) is 26.4. The first-order chi connectivity index (χ1) is 18.5. The van der Waals surface area contributed by atoms with Crippen LogP contribution in [0.1, 0.15) is 105 Å².